The van der Waals surface area contributed by atoms with Gasteiger partial charge in [0.1, 0.15) is 28.1 Å². The summed E-state index contributed by atoms with van der Waals surface area (Å²) in [6.07, 6.45) is 0. The van der Waals surface area contributed by atoms with Gasteiger partial charge in [0.25, 0.3) is 0 Å². The maximum Gasteiger partial charge on any atom is 0.167 e. The molecule has 0 fully saturated rings. The first kappa shape index (κ1) is 25.4. The van der Waals surface area contributed by atoms with Gasteiger partial charge in [-0.15, -0.1) is 0 Å². The van der Waals surface area contributed by atoms with Gasteiger partial charge >= 0.3 is 0 Å². The molecule has 0 saturated carbocycles. The number of rotatable bonds is 4. The molecule has 3 aromatic heterocycles. The number of hydrogen-bond acceptors (Lipinski definition) is 5. The van der Waals surface area contributed by atoms with Crippen LogP contribution in [-0.2, 0) is 0 Å². The van der Waals surface area contributed by atoms with Gasteiger partial charge in [-0.05, 0) is 54.1 Å². The maximum absolute atomic E-state index is 15.1. The first-order chi connectivity index (χ1) is 22.2. The smallest absolute Gasteiger partial charge is 0.167 e. The fourth-order valence-corrected chi connectivity index (χ4v) is 6.06. The average molecular weight is 584 g/mol. The summed E-state index contributed by atoms with van der Waals surface area (Å²) in [6, 6.07) is 42.5. The molecular weight excluding hydrogens is 561 g/mol. The maximum atomic E-state index is 15.1. The van der Waals surface area contributed by atoms with Crippen LogP contribution in [0.25, 0.3) is 89.2 Å². The molecule has 45 heavy (non-hydrogen) atoms. The molecule has 5 nitrogen and oxygen atoms in total. The molecule has 0 spiro atoms. The van der Waals surface area contributed by atoms with Crippen LogP contribution in [0.2, 0.25) is 0 Å². The molecule has 0 aliphatic rings. The van der Waals surface area contributed by atoms with Crippen molar-refractivity contribution in [2.45, 2.75) is 0 Å². The van der Waals surface area contributed by atoms with Crippen LogP contribution in [0.5, 0.6) is 0 Å². The summed E-state index contributed by atoms with van der Waals surface area (Å²) >= 11 is 0. The molecule has 0 bridgehead atoms. The van der Waals surface area contributed by atoms with Crippen LogP contribution in [0.3, 0.4) is 0 Å². The summed E-state index contributed by atoms with van der Waals surface area (Å²) < 4.78 is 27.4. The van der Waals surface area contributed by atoms with Gasteiger partial charge in [0.05, 0.1) is 5.56 Å². The van der Waals surface area contributed by atoms with E-state index in [-0.39, 0.29) is 5.82 Å². The van der Waals surface area contributed by atoms with E-state index in [1.54, 1.807) is 18.2 Å². The van der Waals surface area contributed by atoms with Gasteiger partial charge in [-0.1, -0.05) is 84.9 Å². The molecule has 0 aliphatic carbocycles. The summed E-state index contributed by atoms with van der Waals surface area (Å²) in [6.45, 7) is 0. The van der Waals surface area contributed by atoms with Crippen molar-refractivity contribution in [3.63, 3.8) is 0 Å². The van der Waals surface area contributed by atoms with E-state index in [9.17, 15) is 0 Å². The highest BCUT2D eigenvalue weighted by molar-refractivity contribution is 6.09. The molecule has 0 unspecified atom stereocenters. The third-order valence-electron chi connectivity index (χ3n) is 8.22. The van der Waals surface area contributed by atoms with Crippen LogP contribution >= 0.6 is 0 Å². The molecule has 9 rings (SSSR count). The molecular formula is C39H22FN3O2. The molecule has 0 radical (unpaired) electrons. The van der Waals surface area contributed by atoms with Crippen molar-refractivity contribution in [2.24, 2.45) is 0 Å². The van der Waals surface area contributed by atoms with Gasteiger partial charge in [0.2, 0.25) is 0 Å². The molecule has 0 amide bonds. The van der Waals surface area contributed by atoms with Crippen molar-refractivity contribution in [2.75, 3.05) is 0 Å². The molecule has 0 atom stereocenters. The Hall–Kier alpha value is -6.14. The van der Waals surface area contributed by atoms with Crippen molar-refractivity contribution >= 4 is 43.9 Å². The Labute approximate surface area is 256 Å². The Bertz CT molecular complexity index is 2580. The van der Waals surface area contributed by atoms with Gasteiger partial charge in [0.15, 0.2) is 17.5 Å². The number of para-hydroxylation sites is 3. The minimum atomic E-state index is -0.401. The summed E-state index contributed by atoms with van der Waals surface area (Å²) in [4.78, 5) is 14.5. The van der Waals surface area contributed by atoms with Crippen molar-refractivity contribution in [3.05, 3.63) is 139 Å². The van der Waals surface area contributed by atoms with Gasteiger partial charge in [0, 0.05) is 38.2 Å². The Morgan fingerprint density at radius 2 is 0.978 bits per heavy atom. The fourth-order valence-electron chi connectivity index (χ4n) is 6.06. The first-order valence-electron chi connectivity index (χ1n) is 14.6. The molecule has 6 heteroatoms. The summed E-state index contributed by atoms with van der Waals surface area (Å²) in [7, 11) is 0. The second kappa shape index (κ2) is 9.96. The van der Waals surface area contributed by atoms with Gasteiger partial charge in [-0.25, -0.2) is 19.3 Å². The summed E-state index contributed by atoms with van der Waals surface area (Å²) in [5, 5.41) is 4.09. The number of fused-ring (bicyclic) bond motifs is 6. The van der Waals surface area contributed by atoms with E-state index in [0.29, 0.717) is 17.2 Å². The largest absolute Gasteiger partial charge is 0.456 e. The lowest BCUT2D eigenvalue weighted by Gasteiger charge is -2.10. The molecule has 9 aromatic rings. The van der Waals surface area contributed by atoms with E-state index in [1.807, 2.05) is 91.0 Å². The first-order valence-corrected chi connectivity index (χ1v) is 14.6. The fraction of sp³-hybridized carbons (Fsp3) is 0. The Morgan fingerprint density at radius 1 is 0.400 bits per heavy atom. The van der Waals surface area contributed by atoms with Crippen LogP contribution in [0, 0.1) is 5.82 Å². The second-order valence-electron chi connectivity index (χ2n) is 11.0. The number of halogens is 1. The molecule has 0 aliphatic heterocycles. The van der Waals surface area contributed by atoms with Crippen LogP contribution in [0.4, 0.5) is 4.39 Å². The third kappa shape index (κ3) is 4.18. The highest BCUT2D eigenvalue weighted by atomic mass is 19.1. The van der Waals surface area contributed by atoms with E-state index in [1.165, 1.54) is 6.07 Å². The van der Waals surface area contributed by atoms with Crippen LogP contribution in [0.1, 0.15) is 0 Å². The average Bonchev–Trinajstić information content (AvgIpc) is 3.66. The quantitative estimate of drug-likeness (QED) is 0.206. The minimum Gasteiger partial charge on any atom is -0.456 e. The Balaban J connectivity index is 1.23. The monoisotopic (exact) mass is 583 g/mol. The predicted molar refractivity (Wildman–Crippen MR) is 176 cm³/mol. The van der Waals surface area contributed by atoms with Crippen molar-refractivity contribution in [3.8, 4) is 45.3 Å². The lowest BCUT2D eigenvalue weighted by molar-refractivity contribution is 0.630. The zero-order chi connectivity index (χ0) is 29.9. The number of furan rings is 2. The summed E-state index contributed by atoms with van der Waals surface area (Å²) in [5.41, 5.74) is 7.02. The lowest BCUT2D eigenvalue weighted by Crippen LogP contribution is -2.01. The van der Waals surface area contributed by atoms with Crippen LogP contribution < -0.4 is 0 Å². The van der Waals surface area contributed by atoms with E-state index in [0.717, 1.165) is 66.1 Å². The zero-order valence-electron chi connectivity index (χ0n) is 23.7. The Morgan fingerprint density at radius 3 is 1.80 bits per heavy atom. The van der Waals surface area contributed by atoms with Crippen molar-refractivity contribution < 1.29 is 13.2 Å². The molecule has 212 valence electrons. The molecule has 3 heterocycles. The van der Waals surface area contributed by atoms with E-state index in [4.69, 9.17) is 23.8 Å². The van der Waals surface area contributed by atoms with Gasteiger partial charge in [-0.2, -0.15) is 0 Å². The zero-order valence-corrected chi connectivity index (χ0v) is 23.7. The highest BCUT2D eigenvalue weighted by Gasteiger charge is 2.18. The number of aromatic nitrogens is 3. The predicted octanol–water partition coefficient (Wildman–Crippen LogP) is 10.5. The van der Waals surface area contributed by atoms with Crippen molar-refractivity contribution in [1.29, 1.82) is 0 Å². The Kier molecular flexibility index (Phi) is 5.62. The minimum absolute atomic E-state index is 0.259. The van der Waals surface area contributed by atoms with Crippen LogP contribution in [-0.4, -0.2) is 15.0 Å². The SMILES string of the molecule is Fc1ccccc1-c1nc(-c2cccc(-c3cccc4c3oc3ccccc34)c2)nc(-c2ccc3oc4ccccc4c3c2)n1. The van der Waals surface area contributed by atoms with Crippen molar-refractivity contribution in [1.82, 2.24) is 15.0 Å². The van der Waals surface area contributed by atoms with E-state index < -0.39 is 5.82 Å². The van der Waals surface area contributed by atoms with Crippen LogP contribution in [0.15, 0.2) is 142 Å². The number of benzene rings is 6. The molecule has 0 saturated heterocycles. The standard InChI is InChI=1S/C39H22FN3O2/c40-32-16-4-1-13-30(32)39-42-37(41-38(43-39)25-19-20-35-31(22-25)28-12-3-5-17-33(28)44-35)24-10-7-9-23(21-24)26-14-8-15-29-27-11-2-6-18-34(27)45-36(26)29/h1-22H. The van der Waals surface area contributed by atoms with Gasteiger partial charge < -0.3 is 8.83 Å². The molecule has 0 N–H and O–H groups in total. The van der Waals surface area contributed by atoms with E-state index >= 15 is 4.39 Å². The molecule has 6 aromatic carbocycles. The number of nitrogens with zero attached hydrogens (tertiary/aromatic N) is 3. The third-order valence-corrected chi connectivity index (χ3v) is 8.22. The summed E-state index contributed by atoms with van der Waals surface area (Å²) in [5.74, 6) is 0.737. The normalized spacial score (nSPS) is 11.7. The second-order valence-corrected chi connectivity index (χ2v) is 11.0. The highest BCUT2D eigenvalue weighted by Crippen LogP contribution is 2.37. The topological polar surface area (TPSA) is 65.0 Å². The van der Waals surface area contributed by atoms with E-state index in [2.05, 4.69) is 18.2 Å². The number of hydrogen-bond donors (Lipinski definition) is 0. The lowest BCUT2D eigenvalue weighted by atomic mass is 10.00. The van der Waals surface area contributed by atoms with Gasteiger partial charge in [-0.3, -0.25) is 0 Å².